The number of benzene rings is 2. The molecule has 0 radical (unpaired) electrons. The molecule has 1 fully saturated rings. The Kier molecular flexibility index (Phi) is 7.27. The minimum Gasteiger partial charge on any atom is -0.404 e. The summed E-state index contributed by atoms with van der Waals surface area (Å²) in [6, 6.07) is 9.11. The molecule has 2 aliphatic heterocycles. The van der Waals surface area contributed by atoms with Crippen molar-refractivity contribution in [2.24, 2.45) is 0 Å². The lowest BCUT2D eigenvalue weighted by Gasteiger charge is -2.36. The van der Waals surface area contributed by atoms with Crippen molar-refractivity contribution in [3.8, 4) is 17.0 Å². The van der Waals surface area contributed by atoms with E-state index in [0.29, 0.717) is 49.5 Å². The molecule has 3 heterocycles. The maximum atomic E-state index is 14.8. The number of rotatable bonds is 7. The molecule has 5 rings (SSSR count). The lowest BCUT2D eigenvalue weighted by atomic mass is 9.93. The lowest BCUT2D eigenvalue weighted by molar-refractivity contribution is -0.274. The molecular weight excluding hydrogens is 532 g/mol. The van der Waals surface area contributed by atoms with Gasteiger partial charge in [0, 0.05) is 49.5 Å². The van der Waals surface area contributed by atoms with Gasteiger partial charge in [-0.05, 0) is 43.7 Å². The Morgan fingerprint density at radius 1 is 1.12 bits per heavy atom. The lowest BCUT2D eigenvalue weighted by Crippen LogP contribution is -2.47. The van der Waals surface area contributed by atoms with Crippen LogP contribution < -0.4 is 20.3 Å². The SMILES string of the molecule is CC1(C)NC(=O)c2cc(-c3nc(Nc4cc(N5CCN(CCO)CC5)ccc4OC(F)(F)F)ncc3F)ccc21. The van der Waals surface area contributed by atoms with Gasteiger partial charge in [-0.2, -0.15) is 0 Å². The van der Waals surface area contributed by atoms with Gasteiger partial charge >= 0.3 is 6.36 Å². The minimum atomic E-state index is -4.94. The van der Waals surface area contributed by atoms with Gasteiger partial charge in [-0.1, -0.05) is 12.1 Å². The molecule has 1 aromatic heterocycles. The van der Waals surface area contributed by atoms with Crippen molar-refractivity contribution in [3.05, 3.63) is 59.5 Å². The zero-order valence-corrected chi connectivity index (χ0v) is 21.8. The Labute approximate surface area is 227 Å². The first-order valence-corrected chi connectivity index (χ1v) is 12.7. The fourth-order valence-electron chi connectivity index (χ4n) is 4.99. The third-order valence-electron chi connectivity index (χ3n) is 6.97. The van der Waals surface area contributed by atoms with Crippen molar-refractivity contribution < 1.29 is 32.2 Å². The van der Waals surface area contributed by atoms with Crippen LogP contribution in [-0.4, -0.2) is 71.6 Å². The minimum absolute atomic E-state index is 0.0494. The predicted molar refractivity (Wildman–Crippen MR) is 140 cm³/mol. The molecule has 1 saturated heterocycles. The molecule has 0 aliphatic carbocycles. The third-order valence-corrected chi connectivity index (χ3v) is 6.97. The van der Waals surface area contributed by atoms with Gasteiger partial charge in [0.05, 0.1) is 24.0 Å². The Balaban J connectivity index is 1.45. The van der Waals surface area contributed by atoms with Crippen LogP contribution in [0, 0.1) is 5.82 Å². The van der Waals surface area contributed by atoms with E-state index in [1.54, 1.807) is 12.1 Å². The van der Waals surface area contributed by atoms with Crippen LogP contribution >= 0.6 is 0 Å². The Morgan fingerprint density at radius 2 is 1.88 bits per heavy atom. The number of nitrogens with one attached hydrogen (secondary N) is 2. The first-order chi connectivity index (χ1) is 18.9. The highest BCUT2D eigenvalue weighted by molar-refractivity contribution is 6.01. The van der Waals surface area contributed by atoms with Gasteiger partial charge in [0.25, 0.3) is 5.91 Å². The summed E-state index contributed by atoms with van der Waals surface area (Å²) < 4.78 is 58.6. The zero-order valence-electron chi connectivity index (χ0n) is 21.8. The number of hydrogen-bond acceptors (Lipinski definition) is 8. The quantitative estimate of drug-likeness (QED) is 0.373. The number of nitrogens with zero attached hydrogens (tertiary/aromatic N) is 4. The normalized spacial score (nSPS) is 17.0. The van der Waals surface area contributed by atoms with E-state index in [0.717, 1.165) is 11.8 Å². The molecular formula is C27H28F4N6O3. The molecule has 2 aromatic carbocycles. The van der Waals surface area contributed by atoms with Crippen LogP contribution in [0.2, 0.25) is 0 Å². The summed E-state index contributed by atoms with van der Waals surface area (Å²) in [6.07, 6.45) is -4.03. The average molecular weight is 561 g/mol. The summed E-state index contributed by atoms with van der Waals surface area (Å²) in [4.78, 5) is 24.7. The highest BCUT2D eigenvalue weighted by Gasteiger charge is 2.35. The van der Waals surface area contributed by atoms with Gasteiger partial charge in [-0.3, -0.25) is 9.69 Å². The number of ether oxygens (including phenoxy) is 1. The van der Waals surface area contributed by atoms with Gasteiger partial charge in [0.2, 0.25) is 5.95 Å². The topological polar surface area (TPSA) is 103 Å². The van der Waals surface area contributed by atoms with E-state index >= 15 is 0 Å². The second-order valence-electron chi connectivity index (χ2n) is 10.1. The first kappa shape index (κ1) is 27.6. The molecule has 2 aliphatic rings. The van der Waals surface area contributed by atoms with E-state index in [2.05, 4.69) is 30.2 Å². The predicted octanol–water partition coefficient (Wildman–Crippen LogP) is 4.02. The number of β-amino-alcohol motifs (C(OH)–C–C–N with tert-alkyl or cyclic N) is 1. The molecule has 40 heavy (non-hydrogen) atoms. The van der Waals surface area contributed by atoms with Crippen molar-refractivity contribution in [2.75, 3.05) is 49.5 Å². The van der Waals surface area contributed by atoms with E-state index in [9.17, 15) is 22.4 Å². The molecule has 1 amide bonds. The largest absolute Gasteiger partial charge is 0.573 e. The number of anilines is 3. The number of aliphatic hydroxyl groups is 1. The van der Waals surface area contributed by atoms with Crippen molar-refractivity contribution in [1.29, 1.82) is 0 Å². The molecule has 3 N–H and O–H groups in total. The summed E-state index contributed by atoms with van der Waals surface area (Å²) in [7, 11) is 0. The number of halogens is 4. The van der Waals surface area contributed by atoms with Crippen LogP contribution in [0.5, 0.6) is 5.75 Å². The molecule has 0 saturated carbocycles. The van der Waals surface area contributed by atoms with Crippen LogP contribution in [0.4, 0.5) is 34.9 Å². The van der Waals surface area contributed by atoms with Gasteiger partial charge in [0.15, 0.2) is 11.6 Å². The zero-order chi connectivity index (χ0) is 28.7. The van der Waals surface area contributed by atoms with Crippen molar-refractivity contribution in [1.82, 2.24) is 20.2 Å². The molecule has 0 bridgehead atoms. The monoisotopic (exact) mass is 560 g/mol. The van der Waals surface area contributed by atoms with Crippen molar-refractivity contribution in [3.63, 3.8) is 0 Å². The fraction of sp³-hybridized carbons (Fsp3) is 0.370. The van der Waals surface area contributed by atoms with Crippen LogP contribution in [-0.2, 0) is 5.54 Å². The van der Waals surface area contributed by atoms with E-state index < -0.39 is 23.5 Å². The number of fused-ring (bicyclic) bond motifs is 1. The second-order valence-corrected chi connectivity index (χ2v) is 10.1. The smallest absolute Gasteiger partial charge is 0.404 e. The summed E-state index contributed by atoms with van der Waals surface area (Å²) in [5.74, 6) is -1.71. The molecule has 0 unspecified atom stereocenters. The van der Waals surface area contributed by atoms with Crippen LogP contribution in [0.1, 0.15) is 29.8 Å². The Bertz CT molecular complexity index is 1420. The van der Waals surface area contributed by atoms with Crippen LogP contribution in [0.25, 0.3) is 11.3 Å². The highest BCUT2D eigenvalue weighted by Crippen LogP contribution is 2.37. The van der Waals surface area contributed by atoms with Crippen LogP contribution in [0.3, 0.4) is 0 Å². The Morgan fingerprint density at radius 3 is 2.58 bits per heavy atom. The molecule has 212 valence electrons. The van der Waals surface area contributed by atoms with Crippen molar-refractivity contribution >= 4 is 23.2 Å². The number of carbonyl (C=O) groups excluding carboxylic acids is 1. The van der Waals surface area contributed by atoms with E-state index in [1.165, 1.54) is 24.3 Å². The number of amides is 1. The van der Waals surface area contributed by atoms with E-state index in [4.69, 9.17) is 5.11 Å². The van der Waals surface area contributed by atoms with Crippen molar-refractivity contribution in [2.45, 2.75) is 25.7 Å². The summed E-state index contributed by atoms with van der Waals surface area (Å²) in [5.41, 5.74) is 1.37. The van der Waals surface area contributed by atoms with Gasteiger partial charge < -0.3 is 25.4 Å². The number of hydrogen-bond donors (Lipinski definition) is 3. The molecule has 0 spiro atoms. The maximum Gasteiger partial charge on any atom is 0.573 e. The second kappa shape index (κ2) is 10.5. The van der Waals surface area contributed by atoms with Crippen LogP contribution in [0.15, 0.2) is 42.6 Å². The average Bonchev–Trinajstić information content (AvgIpc) is 3.13. The molecule has 13 heteroatoms. The van der Waals surface area contributed by atoms with Gasteiger partial charge in [-0.15, -0.1) is 13.2 Å². The maximum absolute atomic E-state index is 14.8. The standard InChI is InChI=1S/C27H28F4N6O3/c1-26(2)19-5-3-16(13-18(19)24(39)35-26)23-20(28)15-32-25(34-23)33-21-14-17(4-6-22(21)40-27(29,30)31)37-9-7-36(8-10-37)11-12-38/h3-6,13-15,38H,7-12H2,1-2H3,(H,35,39)(H,32,33,34). The third kappa shape index (κ3) is 5.80. The summed E-state index contributed by atoms with van der Waals surface area (Å²) in [6.45, 7) is 6.90. The Hall–Kier alpha value is -3.97. The van der Waals surface area contributed by atoms with E-state index in [1.807, 2.05) is 18.7 Å². The number of piperazine rings is 1. The first-order valence-electron chi connectivity index (χ1n) is 12.7. The van der Waals surface area contributed by atoms with Gasteiger partial charge in [0.1, 0.15) is 5.69 Å². The number of carbonyl (C=O) groups is 1. The van der Waals surface area contributed by atoms with Gasteiger partial charge in [-0.25, -0.2) is 14.4 Å². The number of aliphatic hydroxyl groups excluding tert-OH is 1. The fourth-order valence-corrected chi connectivity index (χ4v) is 4.99. The number of aromatic nitrogens is 2. The van der Waals surface area contributed by atoms with E-state index in [-0.39, 0.29) is 29.8 Å². The number of alkyl halides is 3. The molecule has 9 nitrogen and oxygen atoms in total. The molecule has 3 aromatic rings. The highest BCUT2D eigenvalue weighted by atomic mass is 19.4. The summed E-state index contributed by atoms with van der Waals surface area (Å²) >= 11 is 0. The molecule has 0 atom stereocenters. The summed E-state index contributed by atoms with van der Waals surface area (Å²) in [5, 5.41) is 14.8.